The largest absolute Gasteiger partial charge is 0.351 e. The molecular formula is C12H22N2OS. The number of hydrogen-bond acceptors (Lipinski definition) is 2. The SMILES string of the molecule is CCCCCCCCCC1NC(=S)NC1=O. The van der Waals surface area contributed by atoms with Crippen molar-refractivity contribution in [2.24, 2.45) is 0 Å². The van der Waals surface area contributed by atoms with Gasteiger partial charge in [-0.05, 0) is 18.6 Å². The maximum absolute atomic E-state index is 11.3. The maximum atomic E-state index is 11.3. The van der Waals surface area contributed by atoms with Crippen LogP contribution in [0.15, 0.2) is 0 Å². The van der Waals surface area contributed by atoms with Crippen molar-refractivity contribution in [3.63, 3.8) is 0 Å². The molecule has 0 spiro atoms. The second-order valence-electron chi connectivity index (χ2n) is 4.43. The zero-order chi connectivity index (χ0) is 11.8. The highest BCUT2D eigenvalue weighted by atomic mass is 32.1. The molecular weight excluding hydrogens is 220 g/mol. The number of rotatable bonds is 8. The van der Waals surface area contributed by atoms with Crippen molar-refractivity contribution in [3.8, 4) is 0 Å². The predicted octanol–water partition coefficient (Wildman–Crippen LogP) is 2.50. The molecule has 1 aliphatic rings. The smallest absolute Gasteiger partial charge is 0.248 e. The molecule has 16 heavy (non-hydrogen) atoms. The van der Waals surface area contributed by atoms with Crippen LogP contribution in [0.25, 0.3) is 0 Å². The summed E-state index contributed by atoms with van der Waals surface area (Å²) in [7, 11) is 0. The molecule has 1 saturated heterocycles. The van der Waals surface area contributed by atoms with Gasteiger partial charge in [0.15, 0.2) is 5.11 Å². The molecule has 2 N–H and O–H groups in total. The molecule has 0 radical (unpaired) electrons. The van der Waals surface area contributed by atoms with E-state index in [2.05, 4.69) is 17.6 Å². The van der Waals surface area contributed by atoms with Crippen molar-refractivity contribution < 1.29 is 4.79 Å². The number of nitrogens with one attached hydrogen (secondary N) is 2. The van der Waals surface area contributed by atoms with Gasteiger partial charge in [-0.25, -0.2) is 0 Å². The van der Waals surface area contributed by atoms with E-state index in [1.165, 1.54) is 38.5 Å². The van der Waals surface area contributed by atoms with Gasteiger partial charge in [0, 0.05) is 0 Å². The first-order chi connectivity index (χ1) is 7.74. The minimum Gasteiger partial charge on any atom is -0.351 e. The fourth-order valence-electron chi connectivity index (χ4n) is 1.97. The van der Waals surface area contributed by atoms with E-state index < -0.39 is 0 Å². The van der Waals surface area contributed by atoms with E-state index in [4.69, 9.17) is 12.2 Å². The van der Waals surface area contributed by atoms with Crippen molar-refractivity contribution in [3.05, 3.63) is 0 Å². The van der Waals surface area contributed by atoms with Crippen LogP contribution in [-0.2, 0) is 4.79 Å². The zero-order valence-corrected chi connectivity index (χ0v) is 10.9. The first-order valence-electron chi connectivity index (χ1n) is 6.35. The molecule has 1 amide bonds. The molecule has 1 heterocycles. The second-order valence-corrected chi connectivity index (χ2v) is 4.83. The highest BCUT2D eigenvalue weighted by molar-refractivity contribution is 7.80. The lowest BCUT2D eigenvalue weighted by atomic mass is 10.1. The van der Waals surface area contributed by atoms with Crippen LogP contribution in [0.2, 0.25) is 0 Å². The molecule has 0 bridgehead atoms. The molecule has 0 aromatic heterocycles. The van der Waals surface area contributed by atoms with Crippen molar-refractivity contribution in [2.75, 3.05) is 0 Å². The standard InChI is InChI=1S/C12H22N2OS/c1-2-3-4-5-6-7-8-9-10-11(15)14-12(16)13-10/h10H,2-9H2,1H3,(H2,13,14,15,16). The quantitative estimate of drug-likeness (QED) is 0.507. The molecule has 92 valence electrons. The van der Waals surface area contributed by atoms with Crippen LogP contribution < -0.4 is 10.6 Å². The summed E-state index contributed by atoms with van der Waals surface area (Å²) < 4.78 is 0. The Labute approximate surface area is 103 Å². The minimum absolute atomic E-state index is 0.0379. The van der Waals surface area contributed by atoms with Gasteiger partial charge in [0.2, 0.25) is 5.91 Å². The van der Waals surface area contributed by atoms with Gasteiger partial charge in [0.25, 0.3) is 0 Å². The first-order valence-corrected chi connectivity index (χ1v) is 6.76. The Kier molecular flexibility index (Phi) is 6.38. The van der Waals surface area contributed by atoms with Gasteiger partial charge in [-0.2, -0.15) is 0 Å². The molecule has 3 nitrogen and oxygen atoms in total. The zero-order valence-electron chi connectivity index (χ0n) is 10.1. The summed E-state index contributed by atoms with van der Waals surface area (Å²) in [5.41, 5.74) is 0. The molecule has 1 aliphatic heterocycles. The second kappa shape index (κ2) is 7.60. The predicted molar refractivity (Wildman–Crippen MR) is 70.3 cm³/mol. The van der Waals surface area contributed by atoms with E-state index in [9.17, 15) is 4.79 Å². The van der Waals surface area contributed by atoms with Gasteiger partial charge in [0.05, 0.1) is 0 Å². The fourth-order valence-corrected chi connectivity index (χ4v) is 2.21. The van der Waals surface area contributed by atoms with E-state index in [-0.39, 0.29) is 11.9 Å². The van der Waals surface area contributed by atoms with Gasteiger partial charge in [-0.3, -0.25) is 4.79 Å². The Hall–Kier alpha value is -0.640. The van der Waals surface area contributed by atoms with Crippen LogP contribution in [0, 0.1) is 0 Å². The average molecular weight is 242 g/mol. The Morgan fingerprint density at radius 1 is 1.12 bits per heavy atom. The summed E-state index contributed by atoms with van der Waals surface area (Å²) in [4.78, 5) is 11.3. The number of thiocarbonyl (C=S) groups is 1. The van der Waals surface area contributed by atoms with Crippen molar-refractivity contribution >= 4 is 23.2 Å². The third-order valence-corrected chi connectivity index (χ3v) is 3.17. The minimum atomic E-state index is -0.0804. The number of amides is 1. The number of carbonyl (C=O) groups excluding carboxylic acids is 1. The first kappa shape index (κ1) is 13.4. The van der Waals surface area contributed by atoms with E-state index >= 15 is 0 Å². The van der Waals surface area contributed by atoms with E-state index in [1.54, 1.807) is 0 Å². The van der Waals surface area contributed by atoms with Gasteiger partial charge < -0.3 is 10.6 Å². The summed E-state index contributed by atoms with van der Waals surface area (Å²) in [6.07, 6.45) is 9.85. The molecule has 4 heteroatoms. The van der Waals surface area contributed by atoms with Gasteiger partial charge >= 0.3 is 0 Å². The van der Waals surface area contributed by atoms with Crippen LogP contribution in [-0.4, -0.2) is 17.1 Å². The maximum Gasteiger partial charge on any atom is 0.248 e. The van der Waals surface area contributed by atoms with Crippen molar-refractivity contribution in [1.29, 1.82) is 0 Å². The van der Waals surface area contributed by atoms with E-state index in [0.717, 1.165) is 12.8 Å². The summed E-state index contributed by atoms with van der Waals surface area (Å²) in [6, 6.07) is -0.0804. The van der Waals surface area contributed by atoms with Crippen LogP contribution in [0.4, 0.5) is 0 Å². The van der Waals surface area contributed by atoms with E-state index in [1.807, 2.05) is 0 Å². The molecule has 0 saturated carbocycles. The molecule has 1 atom stereocenters. The molecule has 0 aromatic rings. The Bertz CT molecular complexity index is 243. The Morgan fingerprint density at radius 3 is 2.31 bits per heavy atom. The topological polar surface area (TPSA) is 41.1 Å². The third kappa shape index (κ3) is 4.92. The number of hydrogen-bond donors (Lipinski definition) is 2. The lowest BCUT2D eigenvalue weighted by molar-refractivity contribution is -0.120. The van der Waals surface area contributed by atoms with Gasteiger partial charge in [-0.1, -0.05) is 51.9 Å². The average Bonchev–Trinajstić information content (AvgIpc) is 2.56. The molecule has 0 aliphatic carbocycles. The normalized spacial score (nSPS) is 19.7. The van der Waals surface area contributed by atoms with Gasteiger partial charge in [0.1, 0.15) is 6.04 Å². The Morgan fingerprint density at radius 2 is 1.75 bits per heavy atom. The Balaban J connectivity index is 1.95. The highest BCUT2D eigenvalue weighted by Gasteiger charge is 2.25. The molecule has 1 fully saturated rings. The third-order valence-electron chi connectivity index (χ3n) is 2.95. The molecule has 0 aromatic carbocycles. The lowest BCUT2D eigenvalue weighted by Gasteiger charge is -2.06. The lowest BCUT2D eigenvalue weighted by Crippen LogP contribution is -2.28. The number of carbonyl (C=O) groups is 1. The van der Waals surface area contributed by atoms with Crippen LogP contribution in [0.1, 0.15) is 58.3 Å². The summed E-state index contributed by atoms with van der Waals surface area (Å²) >= 11 is 4.88. The van der Waals surface area contributed by atoms with Crippen LogP contribution in [0.3, 0.4) is 0 Å². The number of unbranched alkanes of at least 4 members (excludes halogenated alkanes) is 6. The summed E-state index contributed by atoms with van der Waals surface area (Å²) in [6.45, 7) is 2.23. The van der Waals surface area contributed by atoms with Gasteiger partial charge in [-0.15, -0.1) is 0 Å². The summed E-state index contributed by atoms with van der Waals surface area (Å²) in [5.74, 6) is 0.0379. The monoisotopic (exact) mass is 242 g/mol. The van der Waals surface area contributed by atoms with E-state index in [0.29, 0.717) is 5.11 Å². The fraction of sp³-hybridized carbons (Fsp3) is 0.833. The van der Waals surface area contributed by atoms with Crippen molar-refractivity contribution in [2.45, 2.75) is 64.3 Å². The van der Waals surface area contributed by atoms with Crippen molar-refractivity contribution in [1.82, 2.24) is 10.6 Å². The van der Waals surface area contributed by atoms with Crippen LogP contribution >= 0.6 is 12.2 Å². The summed E-state index contributed by atoms with van der Waals surface area (Å²) in [5, 5.41) is 6.09. The highest BCUT2D eigenvalue weighted by Crippen LogP contribution is 2.11. The molecule has 1 unspecified atom stereocenters. The van der Waals surface area contributed by atoms with Crippen LogP contribution in [0.5, 0.6) is 0 Å². The molecule has 1 rings (SSSR count).